The van der Waals surface area contributed by atoms with Crippen molar-refractivity contribution in [3.05, 3.63) is 66.4 Å². The molecule has 0 bridgehead atoms. The number of rotatable bonds is 6. The Morgan fingerprint density at radius 1 is 1.16 bits per heavy atom. The molecule has 0 saturated carbocycles. The molecule has 1 heterocycles. The minimum Gasteiger partial charge on any atom is -0.333 e. The smallest absolute Gasteiger partial charge is 0.225 e. The van der Waals surface area contributed by atoms with Crippen LogP contribution >= 0.6 is 11.8 Å². The minimum absolute atomic E-state index is 0.120. The van der Waals surface area contributed by atoms with Crippen LogP contribution < -0.4 is 5.32 Å². The summed E-state index contributed by atoms with van der Waals surface area (Å²) in [6.45, 7) is 0. The molecule has 0 fully saturated rings. The molecule has 1 aromatic heterocycles. The lowest BCUT2D eigenvalue weighted by Crippen LogP contribution is -2.13. The van der Waals surface area contributed by atoms with E-state index in [2.05, 4.69) is 21.4 Å². The van der Waals surface area contributed by atoms with Gasteiger partial charge in [-0.3, -0.25) is 4.79 Å². The Morgan fingerprint density at radius 3 is 2.72 bits per heavy atom. The highest BCUT2D eigenvalue weighted by Crippen LogP contribution is 2.22. The number of para-hydroxylation sites is 1. The van der Waals surface area contributed by atoms with Crippen LogP contribution in [0.25, 0.3) is 11.3 Å². The van der Waals surface area contributed by atoms with Gasteiger partial charge in [0.2, 0.25) is 5.91 Å². The summed E-state index contributed by atoms with van der Waals surface area (Å²) in [5.74, 6) is 0.479. The average molecular weight is 348 g/mol. The molecule has 3 aromatic rings. The molecular weight excluding hydrogens is 332 g/mol. The van der Waals surface area contributed by atoms with Crippen LogP contribution in [-0.4, -0.2) is 21.6 Å². The highest BCUT2D eigenvalue weighted by atomic mass is 32.2. The van der Waals surface area contributed by atoms with E-state index < -0.39 is 0 Å². The summed E-state index contributed by atoms with van der Waals surface area (Å²) >= 11 is 1.49. The Morgan fingerprint density at radius 2 is 1.92 bits per heavy atom. The Hall–Kier alpha value is -3.04. The van der Waals surface area contributed by atoms with Gasteiger partial charge < -0.3 is 10.3 Å². The number of hydrogen-bond donors (Lipinski definition) is 2. The minimum atomic E-state index is -0.120. The van der Waals surface area contributed by atoms with E-state index in [0.29, 0.717) is 23.4 Å². The van der Waals surface area contributed by atoms with Gasteiger partial charge in [0.15, 0.2) is 5.16 Å². The number of aromatic nitrogens is 2. The van der Waals surface area contributed by atoms with Crippen LogP contribution in [0.2, 0.25) is 0 Å². The van der Waals surface area contributed by atoms with Gasteiger partial charge in [0, 0.05) is 12.2 Å². The molecule has 25 heavy (non-hydrogen) atoms. The number of nitriles is 1. The molecule has 0 aliphatic heterocycles. The second-order valence-corrected chi connectivity index (χ2v) is 6.36. The number of amides is 1. The summed E-state index contributed by atoms with van der Waals surface area (Å²) in [5, 5.41) is 12.6. The Bertz CT molecular complexity index is 899. The van der Waals surface area contributed by atoms with E-state index in [1.165, 1.54) is 11.8 Å². The predicted octanol–water partition coefficient (Wildman–Crippen LogP) is 4.07. The Labute approximate surface area is 150 Å². The molecule has 0 aliphatic rings. The quantitative estimate of drug-likeness (QED) is 0.658. The van der Waals surface area contributed by atoms with E-state index in [-0.39, 0.29) is 5.91 Å². The maximum Gasteiger partial charge on any atom is 0.225 e. The molecular formula is C19H16N4OS. The maximum atomic E-state index is 12.0. The van der Waals surface area contributed by atoms with Gasteiger partial charge in [0.1, 0.15) is 6.07 Å². The number of hydrogen-bond acceptors (Lipinski definition) is 4. The van der Waals surface area contributed by atoms with Crippen LogP contribution in [0.4, 0.5) is 5.69 Å². The van der Waals surface area contributed by atoms with Crippen LogP contribution in [0.15, 0.2) is 66.0 Å². The lowest BCUT2D eigenvalue weighted by atomic mass is 10.2. The van der Waals surface area contributed by atoms with E-state index in [0.717, 1.165) is 16.4 Å². The van der Waals surface area contributed by atoms with Gasteiger partial charge in [0.25, 0.3) is 0 Å². The molecule has 2 N–H and O–H groups in total. The standard InChI is InChI=1S/C19H16N4OS/c20-12-15-8-4-5-9-16(15)22-18(24)10-11-25-19-21-13-17(23-19)14-6-2-1-3-7-14/h1-9,13H,10-11H2,(H,21,23)(H,22,24). The van der Waals surface area contributed by atoms with Crippen molar-refractivity contribution in [1.29, 1.82) is 5.26 Å². The Kier molecular flexibility index (Phi) is 5.50. The highest BCUT2D eigenvalue weighted by Gasteiger charge is 2.08. The van der Waals surface area contributed by atoms with Crippen molar-refractivity contribution in [2.45, 2.75) is 11.6 Å². The number of imidazole rings is 1. The summed E-state index contributed by atoms with van der Waals surface area (Å²) in [5.41, 5.74) is 3.04. The zero-order chi connectivity index (χ0) is 17.5. The van der Waals surface area contributed by atoms with Gasteiger partial charge in [-0.1, -0.05) is 54.2 Å². The lowest BCUT2D eigenvalue weighted by molar-refractivity contribution is -0.115. The van der Waals surface area contributed by atoms with Crippen LogP contribution in [-0.2, 0) is 4.79 Å². The number of benzene rings is 2. The number of nitrogens with one attached hydrogen (secondary N) is 2. The van der Waals surface area contributed by atoms with E-state index >= 15 is 0 Å². The average Bonchev–Trinajstić information content (AvgIpc) is 3.12. The molecule has 124 valence electrons. The molecule has 0 radical (unpaired) electrons. The fourth-order valence-electron chi connectivity index (χ4n) is 2.28. The molecule has 1 amide bonds. The van der Waals surface area contributed by atoms with E-state index in [9.17, 15) is 4.79 Å². The summed E-state index contributed by atoms with van der Waals surface area (Å²) in [7, 11) is 0. The third-order valence-corrected chi connectivity index (χ3v) is 4.42. The van der Waals surface area contributed by atoms with Crippen molar-refractivity contribution < 1.29 is 4.79 Å². The monoisotopic (exact) mass is 348 g/mol. The molecule has 2 aromatic carbocycles. The molecule has 6 heteroatoms. The molecule has 0 spiro atoms. The van der Waals surface area contributed by atoms with Crippen molar-refractivity contribution in [3.8, 4) is 17.3 Å². The van der Waals surface area contributed by atoms with Gasteiger partial charge in [0.05, 0.1) is 23.1 Å². The van der Waals surface area contributed by atoms with Crippen molar-refractivity contribution >= 4 is 23.4 Å². The fraction of sp³-hybridized carbons (Fsp3) is 0.105. The Balaban J connectivity index is 1.51. The van der Waals surface area contributed by atoms with Crippen molar-refractivity contribution in [2.75, 3.05) is 11.1 Å². The third-order valence-electron chi connectivity index (χ3n) is 3.53. The fourth-order valence-corrected chi connectivity index (χ4v) is 3.07. The van der Waals surface area contributed by atoms with Crippen LogP contribution in [0.5, 0.6) is 0 Å². The van der Waals surface area contributed by atoms with Crippen LogP contribution in [0.1, 0.15) is 12.0 Å². The van der Waals surface area contributed by atoms with Gasteiger partial charge >= 0.3 is 0 Å². The second-order valence-electron chi connectivity index (χ2n) is 5.27. The van der Waals surface area contributed by atoms with Crippen molar-refractivity contribution in [3.63, 3.8) is 0 Å². The van der Waals surface area contributed by atoms with Crippen molar-refractivity contribution in [2.24, 2.45) is 0 Å². The molecule has 0 saturated heterocycles. The van der Waals surface area contributed by atoms with Crippen LogP contribution in [0, 0.1) is 11.3 Å². The van der Waals surface area contributed by atoms with E-state index in [1.807, 2.05) is 30.3 Å². The summed E-state index contributed by atoms with van der Waals surface area (Å²) in [4.78, 5) is 19.6. The first-order valence-corrected chi connectivity index (χ1v) is 8.77. The zero-order valence-corrected chi connectivity index (χ0v) is 14.2. The summed E-state index contributed by atoms with van der Waals surface area (Å²) < 4.78 is 0. The molecule has 3 rings (SSSR count). The summed E-state index contributed by atoms with van der Waals surface area (Å²) in [6.07, 6.45) is 2.13. The predicted molar refractivity (Wildman–Crippen MR) is 99.2 cm³/mol. The largest absolute Gasteiger partial charge is 0.333 e. The number of anilines is 1. The first kappa shape index (κ1) is 16.8. The topological polar surface area (TPSA) is 81.6 Å². The van der Waals surface area contributed by atoms with Gasteiger partial charge in [-0.15, -0.1) is 0 Å². The number of carbonyl (C=O) groups is 1. The molecule has 0 unspecified atom stereocenters. The van der Waals surface area contributed by atoms with Gasteiger partial charge in [-0.25, -0.2) is 4.98 Å². The summed E-state index contributed by atoms with van der Waals surface area (Å²) in [6, 6.07) is 19.0. The number of aromatic amines is 1. The molecule has 0 atom stereocenters. The van der Waals surface area contributed by atoms with E-state index in [1.54, 1.807) is 30.5 Å². The van der Waals surface area contributed by atoms with Crippen LogP contribution in [0.3, 0.4) is 0 Å². The second kappa shape index (κ2) is 8.18. The lowest BCUT2D eigenvalue weighted by Gasteiger charge is -2.06. The number of carbonyl (C=O) groups excluding carboxylic acids is 1. The SMILES string of the molecule is N#Cc1ccccc1NC(=O)CCSc1ncc(-c2ccccc2)[nH]1. The van der Waals surface area contributed by atoms with Gasteiger partial charge in [-0.2, -0.15) is 5.26 Å². The van der Waals surface area contributed by atoms with Crippen molar-refractivity contribution in [1.82, 2.24) is 9.97 Å². The maximum absolute atomic E-state index is 12.0. The molecule has 0 aliphatic carbocycles. The number of thioether (sulfide) groups is 1. The first-order chi connectivity index (χ1) is 12.3. The third kappa shape index (κ3) is 4.49. The van der Waals surface area contributed by atoms with E-state index in [4.69, 9.17) is 5.26 Å². The van der Waals surface area contributed by atoms with Gasteiger partial charge in [-0.05, 0) is 17.7 Å². The zero-order valence-electron chi connectivity index (χ0n) is 13.4. The highest BCUT2D eigenvalue weighted by molar-refractivity contribution is 7.99. The first-order valence-electron chi connectivity index (χ1n) is 7.78. The number of nitrogens with zero attached hydrogens (tertiary/aromatic N) is 2. The molecule has 5 nitrogen and oxygen atoms in total. The number of H-pyrrole nitrogens is 1. The normalized spacial score (nSPS) is 10.2.